The maximum atomic E-state index is 11.3. The number of nitrogens with zero attached hydrogens (tertiary/aromatic N) is 1. The Bertz CT molecular complexity index is 209. The van der Waals surface area contributed by atoms with E-state index in [0.717, 1.165) is 25.9 Å². The van der Waals surface area contributed by atoms with Crippen LogP contribution in [-0.2, 0) is 4.79 Å². The monoisotopic (exact) mass is 214 g/mol. The second-order valence-corrected chi connectivity index (χ2v) is 4.67. The van der Waals surface area contributed by atoms with Crippen LogP contribution in [0.5, 0.6) is 0 Å². The Labute approximate surface area is 91.8 Å². The van der Waals surface area contributed by atoms with Gasteiger partial charge >= 0.3 is 0 Å². The van der Waals surface area contributed by atoms with E-state index in [-0.39, 0.29) is 5.91 Å². The summed E-state index contributed by atoms with van der Waals surface area (Å²) in [6.07, 6.45) is 4.02. The van der Waals surface area contributed by atoms with E-state index in [9.17, 15) is 9.90 Å². The fourth-order valence-electron chi connectivity index (χ4n) is 2.46. The minimum atomic E-state index is -0.616. The van der Waals surface area contributed by atoms with E-state index < -0.39 is 6.10 Å². The molecule has 1 aliphatic rings. The van der Waals surface area contributed by atoms with Crippen LogP contribution in [-0.4, -0.2) is 36.2 Å². The van der Waals surface area contributed by atoms with E-state index in [0.29, 0.717) is 11.1 Å². The van der Waals surface area contributed by atoms with Crippen LogP contribution in [0.1, 0.15) is 39.5 Å². The van der Waals surface area contributed by atoms with Gasteiger partial charge in [-0.2, -0.15) is 0 Å². The van der Waals surface area contributed by atoms with Crippen LogP contribution in [0.3, 0.4) is 0 Å². The normalized spacial score (nSPS) is 22.9. The minimum absolute atomic E-state index is 0.0300. The molecule has 15 heavy (non-hydrogen) atoms. The Morgan fingerprint density at radius 3 is 2.27 bits per heavy atom. The topological polar surface area (TPSA) is 52.2 Å². The molecule has 1 heterocycles. The number of amides is 1. The molecule has 1 unspecified atom stereocenters. The first-order valence-corrected chi connectivity index (χ1v) is 5.85. The molecule has 4 heteroatoms. The Balaban J connectivity index is 2.67. The molecular formula is C11H22N2O2. The molecule has 1 amide bonds. The van der Waals surface area contributed by atoms with Crippen molar-refractivity contribution in [2.75, 3.05) is 19.6 Å². The molecule has 0 aromatic rings. The lowest BCUT2D eigenvalue weighted by molar-refractivity contribution is -0.967. The van der Waals surface area contributed by atoms with Crippen molar-refractivity contribution in [1.82, 2.24) is 5.43 Å². The van der Waals surface area contributed by atoms with E-state index >= 15 is 0 Å². The molecule has 0 bridgehead atoms. The van der Waals surface area contributed by atoms with Gasteiger partial charge < -0.3 is 5.11 Å². The van der Waals surface area contributed by atoms with Gasteiger partial charge in [0, 0.05) is 6.92 Å². The average Bonchev–Trinajstić information content (AvgIpc) is 2.27. The number of carbonyl (C=O) groups is 1. The van der Waals surface area contributed by atoms with Gasteiger partial charge in [0.15, 0.2) is 0 Å². The fourth-order valence-corrected chi connectivity index (χ4v) is 2.46. The summed E-state index contributed by atoms with van der Waals surface area (Å²) in [6.45, 7) is 5.53. The molecule has 4 nitrogen and oxygen atoms in total. The van der Waals surface area contributed by atoms with E-state index in [1.165, 1.54) is 19.8 Å². The van der Waals surface area contributed by atoms with Crippen LogP contribution >= 0.6 is 0 Å². The van der Waals surface area contributed by atoms with Crippen LogP contribution in [0.2, 0.25) is 0 Å². The van der Waals surface area contributed by atoms with Crippen molar-refractivity contribution in [1.29, 1.82) is 0 Å². The molecule has 1 rings (SSSR count). The number of rotatable bonds is 3. The van der Waals surface area contributed by atoms with Gasteiger partial charge in [-0.25, -0.2) is 10.0 Å². The van der Waals surface area contributed by atoms with Crippen molar-refractivity contribution < 1.29 is 14.5 Å². The number of quaternary nitrogens is 1. The zero-order valence-electron chi connectivity index (χ0n) is 9.79. The predicted octanol–water partition coefficient (Wildman–Crippen LogP) is 0.177. The molecule has 0 spiro atoms. The van der Waals surface area contributed by atoms with Gasteiger partial charge in [-0.05, 0) is 25.7 Å². The third-order valence-corrected chi connectivity index (χ3v) is 2.92. The van der Waals surface area contributed by atoms with Gasteiger partial charge in [0.2, 0.25) is 0 Å². The SMILES string of the molecule is CC(=O)N[N+]1(CC(C)[O-])CCCCCC1. The summed E-state index contributed by atoms with van der Waals surface area (Å²) in [5.74, 6) is -0.0300. The summed E-state index contributed by atoms with van der Waals surface area (Å²) in [6, 6.07) is 0. The standard InChI is InChI=1S/C11H22N2O2/c1-10(14)9-13(12-11(2)15)7-5-3-4-6-8-13/h10H,3-9H2,1-2H3,(H,12,15). The molecule has 0 aliphatic carbocycles. The van der Waals surface area contributed by atoms with Gasteiger partial charge in [0.05, 0.1) is 6.54 Å². The predicted molar refractivity (Wildman–Crippen MR) is 56.6 cm³/mol. The maximum absolute atomic E-state index is 11.3. The lowest BCUT2D eigenvalue weighted by Gasteiger charge is -2.39. The summed E-state index contributed by atoms with van der Waals surface area (Å²) in [7, 11) is 0. The third-order valence-electron chi connectivity index (χ3n) is 2.92. The zero-order valence-corrected chi connectivity index (χ0v) is 9.79. The van der Waals surface area contributed by atoms with E-state index in [4.69, 9.17) is 0 Å². The molecule has 1 saturated heterocycles. The molecule has 1 atom stereocenters. The summed E-state index contributed by atoms with van der Waals surface area (Å²) in [4.78, 5) is 11.2. The first kappa shape index (κ1) is 12.5. The Hall–Kier alpha value is -0.610. The highest BCUT2D eigenvalue weighted by atomic mass is 16.3. The first-order valence-electron chi connectivity index (χ1n) is 5.85. The highest BCUT2D eigenvalue weighted by molar-refractivity contribution is 5.71. The van der Waals surface area contributed by atoms with E-state index in [2.05, 4.69) is 5.43 Å². The average molecular weight is 214 g/mol. The van der Waals surface area contributed by atoms with Crippen LogP contribution < -0.4 is 10.5 Å². The van der Waals surface area contributed by atoms with Gasteiger partial charge in [-0.1, -0.05) is 13.0 Å². The van der Waals surface area contributed by atoms with Crippen LogP contribution in [0.4, 0.5) is 0 Å². The number of carbonyl (C=O) groups excluding carboxylic acids is 1. The van der Waals surface area contributed by atoms with Crippen molar-refractivity contribution in [3.8, 4) is 0 Å². The molecule has 1 N–H and O–H groups in total. The molecule has 0 saturated carbocycles. The fraction of sp³-hybridized carbons (Fsp3) is 0.909. The minimum Gasteiger partial charge on any atom is -0.848 e. The summed E-state index contributed by atoms with van der Waals surface area (Å²) in [5.41, 5.74) is 2.97. The van der Waals surface area contributed by atoms with Crippen molar-refractivity contribution >= 4 is 5.91 Å². The smallest absolute Gasteiger partial charge is 0.261 e. The number of hydrogen-bond acceptors (Lipinski definition) is 2. The number of likely N-dealkylation sites (tertiary alicyclic amines) is 1. The highest BCUT2D eigenvalue weighted by Gasteiger charge is 2.29. The molecule has 0 aromatic heterocycles. The summed E-state index contributed by atoms with van der Waals surface area (Å²) in [5, 5.41) is 11.3. The lowest BCUT2D eigenvalue weighted by Crippen LogP contribution is -2.64. The molecule has 0 aromatic carbocycles. The molecule has 0 radical (unpaired) electrons. The zero-order chi connectivity index (χ0) is 11.3. The second-order valence-electron chi connectivity index (χ2n) is 4.67. The van der Waals surface area contributed by atoms with E-state index in [1.807, 2.05) is 0 Å². The van der Waals surface area contributed by atoms with Crippen LogP contribution in [0.25, 0.3) is 0 Å². The van der Waals surface area contributed by atoms with Crippen LogP contribution in [0.15, 0.2) is 0 Å². The largest absolute Gasteiger partial charge is 0.848 e. The quantitative estimate of drug-likeness (QED) is 0.681. The molecule has 1 fully saturated rings. The Morgan fingerprint density at radius 1 is 1.33 bits per heavy atom. The maximum Gasteiger partial charge on any atom is 0.261 e. The Morgan fingerprint density at radius 2 is 1.87 bits per heavy atom. The molecular weight excluding hydrogens is 192 g/mol. The second kappa shape index (κ2) is 5.47. The van der Waals surface area contributed by atoms with Crippen molar-refractivity contribution in [2.24, 2.45) is 0 Å². The third kappa shape index (κ3) is 4.18. The molecule has 1 aliphatic heterocycles. The highest BCUT2D eigenvalue weighted by Crippen LogP contribution is 2.16. The van der Waals surface area contributed by atoms with Crippen molar-refractivity contribution in [3.63, 3.8) is 0 Å². The van der Waals surface area contributed by atoms with Crippen molar-refractivity contribution in [2.45, 2.75) is 45.6 Å². The van der Waals surface area contributed by atoms with Gasteiger partial charge in [-0.15, -0.1) is 0 Å². The van der Waals surface area contributed by atoms with Crippen molar-refractivity contribution in [3.05, 3.63) is 0 Å². The Kier molecular flexibility index (Phi) is 4.54. The van der Waals surface area contributed by atoms with Gasteiger partial charge in [0.1, 0.15) is 13.1 Å². The van der Waals surface area contributed by atoms with Gasteiger partial charge in [-0.3, -0.25) is 4.79 Å². The number of hydrogen-bond donors (Lipinski definition) is 1. The summed E-state index contributed by atoms with van der Waals surface area (Å²) >= 11 is 0. The molecule has 88 valence electrons. The van der Waals surface area contributed by atoms with E-state index in [1.54, 1.807) is 6.92 Å². The number of nitrogens with one attached hydrogen (secondary N) is 1. The van der Waals surface area contributed by atoms with Crippen LogP contribution in [0, 0.1) is 0 Å². The lowest BCUT2D eigenvalue weighted by atomic mass is 10.2. The van der Waals surface area contributed by atoms with Gasteiger partial charge in [0.25, 0.3) is 5.91 Å². The summed E-state index contributed by atoms with van der Waals surface area (Å²) < 4.78 is 0.500. The first-order chi connectivity index (χ1) is 7.04.